The number of phenols is 1. The highest BCUT2D eigenvalue weighted by Crippen LogP contribution is 2.34. The Morgan fingerprint density at radius 3 is 2.57 bits per heavy atom. The number of fused-ring (bicyclic) bond motifs is 4. The van der Waals surface area contributed by atoms with E-state index in [4.69, 9.17) is 15.7 Å². The number of hydrogen-bond acceptors (Lipinski definition) is 10. The number of pyridine rings is 1. The molecule has 0 bridgehead atoms. The topological polar surface area (TPSA) is 151 Å². The molecule has 2 aliphatic heterocycles. The Balaban J connectivity index is 0.804. The third-order valence-electron chi connectivity index (χ3n) is 10.5. The lowest BCUT2D eigenvalue weighted by Crippen LogP contribution is -2.36. The molecule has 2 aliphatic rings. The van der Waals surface area contributed by atoms with Crippen LogP contribution >= 0.6 is 0 Å². The minimum Gasteiger partial charge on any atom is -0.507 e. The number of hydrogen-bond donors (Lipinski definition) is 3. The van der Waals surface area contributed by atoms with Crippen LogP contribution in [0, 0.1) is 0 Å². The summed E-state index contributed by atoms with van der Waals surface area (Å²) in [6.07, 6.45) is 13.1. The van der Waals surface area contributed by atoms with Crippen molar-refractivity contribution in [1.82, 2.24) is 44.8 Å². The van der Waals surface area contributed by atoms with E-state index in [1.165, 1.54) is 21.9 Å². The Morgan fingerprint density at radius 2 is 1.75 bits per heavy atom. The summed E-state index contributed by atoms with van der Waals surface area (Å²) >= 11 is 0. The number of phenolic OH excluding ortho intramolecular Hbond substituents is 1. The zero-order valence-electron chi connectivity index (χ0n) is 28.3. The van der Waals surface area contributed by atoms with Gasteiger partial charge in [0.05, 0.1) is 17.3 Å². The Labute approximate surface area is 294 Å². The minimum absolute atomic E-state index is 0.149. The maximum atomic E-state index is 10.4. The van der Waals surface area contributed by atoms with E-state index in [2.05, 4.69) is 71.5 Å². The second kappa shape index (κ2) is 13.1. The van der Waals surface area contributed by atoms with Crippen LogP contribution in [0.3, 0.4) is 0 Å². The van der Waals surface area contributed by atoms with Crippen molar-refractivity contribution < 1.29 is 5.11 Å². The van der Waals surface area contributed by atoms with Crippen LogP contribution in [0.4, 0.5) is 11.8 Å². The fourth-order valence-corrected chi connectivity index (χ4v) is 7.73. The van der Waals surface area contributed by atoms with Gasteiger partial charge in [-0.05, 0) is 80.1 Å². The molecule has 7 aromatic rings. The Morgan fingerprint density at radius 1 is 0.922 bits per heavy atom. The van der Waals surface area contributed by atoms with E-state index in [1.807, 2.05) is 41.5 Å². The van der Waals surface area contributed by atoms with Crippen LogP contribution in [0.25, 0.3) is 49.8 Å². The summed E-state index contributed by atoms with van der Waals surface area (Å²) in [6, 6.07) is 19.8. The van der Waals surface area contributed by atoms with Gasteiger partial charge in [-0.3, -0.25) is 9.58 Å². The van der Waals surface area contributed by atoms with Crippen molar-refractivity contribution in [2.24, 2.45) is 0 Å². The summed E-state index contributed by atoms with van der Waals surface area (Å²) in [7, 11) is 0. The van der Waals surface area contributed by atoms with Crippen molar-refractivity contribution in [3.8, 4) is 17.0 Å². The van der Waals surface area contributed by atoms with Gasteiger partial charge in [-0.25, -0.2) is 15.0 Å². The SMILES string of the molecule is Nc1nn(C2CCN(c3ncc(C4=CCN(CCCc5ccnc6[nH]c7ccccc7c56)CC4)cn3)CC2)c2cc(-c3ccccc3O)nnc12. The van der Waals surface area contributed by atoms with Crippen LogP contribution in [0.1, 0.15) is 42.9 Å². The van der Waals surface area contributed by atoms with Crippen molar-refractivity contribution in [1.29, 1.82) is 0 Å². The van der Waals surface area contributed by atoms with Gasteiger partial charge >= 0.3 is 0 Å². The maximum Gasteiger partial charge on any atom is 0.225 e. The number of nitrogens with zero attached hydrogens (tertiary/aromatic N) is 9. The average molecular weight is 678 g/mol. The average Bonchev–Trinajstić information content (AvgIpc) is 3.73. The van der Waals surface area contributed by atoms with E-state index in [0.717, 1.165) is 93.0 Å². The number of para-hydroxylation sites is 2. The second-order valence-electron chi connectivity index (χ2n) is 13.5. The first-order valence-electron chi connectivity index (χ1n) is 17.7. The van der Waals surface area contributed by atoms with E-state index in [0.29, 0.717) is 22.6 Å². The van der Waals surface area contributed by atoms with Crippen LogP contribution in [0.5, 0.6) is 5.75 Å². The van der Waals surface area contributed by atoms with Crippen LogP contribution in [-0.4, -0.2) is 82.6 Å². The van der Waals surface area contributed by atoms with Crippen LogP contribution in [-0.2, 0) is 6.42 Å². The molecule has 51 heavy (non-hydrogen) atoms. The summed E-state index contributed by atoms with van der Waals surface area (Å²) in [5, 5.41) is 26.2. The number of nitrogens with one attached hydrogen (secondary N) is 1. The fraction of sp³-hybridized carbons (Fsp3) is 0.282. The summed E-state index contributed by atoms with van der Waals surface area (Å²) in [5.74, 6) is 1.28. The molecule has 0 spiro atoms. The van der Waals surface area contributed by atoms with Crippen molar-refractivity contribution >= 4 is 50.3 Å². The number of nitrogens with two attached hydrogens (primary N) is 1. The number of aromatic amines is 1. The molecule has 256 valence electrons. The minimum atomic E-state index is 0.149. The molecule has 0 atom stereocenters. The molecule has 12 heteroatoms. The lowest BCUT2D eigenvalue weighted by molar-refractivity contribution is 0.298. The predicted molar refractivity (Wildman–Crippen MR) is 200 cm³/mol. The van der Waals surface area contributed by atoms with Gasteiger partial charge in [0, 0.05) is 72.2 Å². The molecule has 9 rings (SSSR count). The lowest BCUT2D eigenvalue weighted by atomic mass is 10.0. The van der Waals surface area contributed by atoms with Crippen LogP contribution in [0.15, 0.2) is 85.3 Å². The Bertz CT molecular complexity index is 2390. The van der Waals surface area contributed by atoms with Crippen LogP contribution in [0.2, 0.25) is 0 Å². The highest BCUT2D eigenvalue weighted by atomic mass is 16.3. The number of anilines is 2. The van der Waals surface area contributed by atoms with Crippen molar-refractivity contribution in [2.45, 2.75) is 38.1 Å². The van der Waals surface area contributed by atoms with Crippen molar-refractivity contribution in [3.05, 3.63) is 96.5 Å². The first-order valence-corrected chi connectivity index (χ1v) is 17.7. The number of rotatable bonds is 8. The standard InChI is InChI=1S/C39H39N11O/c40-37-36-33(22-32(45-46-36)29-7-2-4-10-34(29)51)50(47-37)28-14-20-49(21-15-28)39-42-23-27(24-43-39)25-12-18-48(19-13-25)17-5-6-26-11-16-41-38-35(26)30-8-1-3-9-31(30)44-38/h1-4,7-12,16,22-24,28,51H,5-6,13-15,17-21H2,(H2,40,47)(H,41,44). The van der Waals surface area contributed by atoms with Crippen molar-refractivity contribution in [3.63, 3.8) is 0 Å². The highest BCUT2D eigenvalue weighted by molar-refractivity contribution is 6.07. The zero-order chi connectivity index (χ0) is 34.3. The molecule has 1 saturated heterocycles. The van der Waals surface area contributed by atoms with Gasteiger partial charge in [-0.1, -0.05) is 36.4 Å². The molecule has 5 aromatic heterocycles. The number of aryl methyl sites for hydroxylation is 1. The molecule has 0 amide bonds. The summed E-state index contributed by atoms with van der Waals surface area (Å²) in [4.78, 5) is 22.4. The summed E-state index contributed by atoms with van der Waals surface area (Å²) in [5.41, 5.74) is 14.8. The van der Waals surface area contributed by atoms with Gasteiger partial charge in [0.1, 0.15) is 11.4 Å². The molecule has 1 fully saturated rings. The van der Waals surface area contributed by atoms with Crippen molar-refractivity contribution in [2.75, 3.05) is 43.4 Å². The monoisotopic (exact) mass is 677 g/mol. The first kappa shape index (κ1) is 31.1. The molecule has 4 N–H and O–H groups in total. The number of aromatic hydroxyl groups is 1. The molecule has 12 nitrogen and oxygen atoms in total. The predicted octanol–water partition coefficient (Wildman–Crippen LogP) is 6.16. The largest absolute Gasteiger partial charge is 0.507 e. The van der Waals surface area contributed by atoms with E-state index in [-0.39, 0.29) is 11.8 Å². The summed E-state index contributed by atoms with van der Waals surface area (Å²) < 4.78 is 1.98. The smallest absolute Gasteiger partial charge is 0.225 e. The number of benzene rings is 2. The van der Waals surface area contributed by atoms with Gasteiger partial charge < -0.3 is 20.7 Å². The third kappa shape index (κ3) is 5.91. The molecular formula is C39H39N11O. The Kier molecular flexibility index (Phi) is 8.00. The van der Waals surface area contributed by atoms with Gasteiger partial charge in [-0.15, -0.1) is 10.2 Å². The van der Waals surface area contributed by atoms with Gasteiger partial charge in [0.2, 0.25) is 5.95 Å². The molecule has 7 heterocycles. The molecule has 0 radical (unpaired) electrons. The first-order chi connectivity index (χ1) is 25.1. The van der Waals surface area contributed by atoms with Crippen LogP contribution < -0.4 is 10.6 Å². The molecule has 2 aromatic carbocycles. The maximum absolute atomic E-state index is 10.4. The van der Waals surface area contributed by atoms with Gasteiger partial charge in [-0.2, -0.15) is 5.10 Å². The highest BCUT2D eigenvalue weighted by Gasteiger charge is 2.26. The van der Waals surface area contributed by atoms with E-state index >= 15 is 0 Å². The summed E-state index contributed by atoms with van der Waals surface area (Å²) in [6.45, 7) is 4.65. The van der Waals surface area contributed by atoms with E-state index in [9.17, 15) is 5.11 Å². The fourth-order valence-electron chi connectivity index (χ4n) is 7.73. The molecule has 0 saturated carbocycles. The molecular weight excluding hydrogens is 639 g/mol. The normalized spacial score (nSPS) is 16.0. The zero-order valence-corrected chi connectivity index (χ0v) is 28.3. The number of piperidine rings is 1. The quantitative estimate of drug-likeness (QED) is 0.171. The Hall–Kier alpha value is -5.88. The second-order valence-corrected chi connectivity index (χ2v) is 13.5. The number of H-pyrrole nitrogens is 1. The number of aromatic nitrogens is 8. The lowest BCUT2D eigenvalue weighted by Gasteiger charge is -2.32. The van der Waals surface area contributed by atoms with E-state index in [1.54, 1.807) is 12.1 Å². The van der Waals surface area contributed by atoms with Gasteiger partial charge in [0.15, 0.2) is 11.3 Å². The molecule has 0 unspecified atom stereocenters. The third-order valence-corrected chi connectivity index (χ3v) is 10.5. The molecule has 0 aliphatic carbocycles. The number of nitrogen functional groups attached to an aromatic ring is 1. The van der Waals surface area contributed by atoms with Gasteiger partial charge in [0.25, 0.3) is 0 Å². The van der Waals surface area contributed by atoms with E-state index < -0.39 is 0 Å².